The number of ether oxygens (including phenoxy) is 11. The number of benzene rings is 7. The van der Waals surface area contributed by atoms with Gasteiger partial charge in [-0.05, 0) is 51.4 Å². The molecule has 0 aromatic heterocycles. The molecule has 2 heterocycles. The van der Waals surface area contributed by atoms with Crippen molar-refractivity contribution < 1.29 is 70.1 Å². The monoisotopic (exact) mass is 1140 g/mol. The van der Waals surface area contributed by atoms with Crippen molar-refractivity contribution in [3.8, 4) is 0 Å². The van der Waals surface area contributed by atoms with Gasteiger partial charge in [-0.2, -0.15) is 13.2 Å². The van der Waals surface area contributed by atoms with Crippen LogP contribution in [0.15, 0.2) is 217 Å². The predicted octanol–water partition coefficient (Wildman–Crippen LogP) is 12.9. The normalized spacial score (nSPS) is 22.9. The minimum absolute atomic E-state index is 0.00580. The Labute approximate surface area is 483 Å². The number of alkyl halides is 3. The van der Waals surface area contributed by atoms with Gasteiger partial charge in [-0.15, -0.1) is 0 Å². The van der Waals surface area contributed by atoms with Crippen LogP contribution in [-0.2, 0) is 96.5 Å². The predicted molar refractivity (Wildman–Crippen MR) is 304 cm³/mol. The second-order valence-electron chi connectivity index (χ2n) is 20.7. The van der Waals surface area contributed by atoms with E-state index in [1.807, 2.05) is 196 Å². The first-order chi connectivity index (χ1) is 40.5. The van der Waals surface area contributed by atoms with Crippen molar-refractivity contribution in [3.05, 3.63) is 246 Å². The minimum atomic E-state index is -5.10. The highest BCUT2D eigenvalue weighted by Crippen LogP contribution is 2.38. The summed E-state index contributed by atoms with van der Waals surface area (Å²) in [4.78, 5) is 18.0. The number of carbonyl (C=O) groups excluding carboxylic acids is 1. The van der Waals surface area contributed by atoms with E-state index >= 15 is 13.2 Å². The van der Waals surface area contributed by atoms with Gasteiger partial charge in [-0.3, -0.25) is 4.79 Å². The first-order valence-corrected chi connectivity index (χ1v) is 27.9. The largest absolute Gasteiger partial charge is 0.468 e. The zero-order valence-electron chi connectivity index (χ0n) is 46.4. The zero-order chi connectivity index (χ0) is 57.6. The van der Waals surface area contributed by atoms with Gasteiger partial charge in [0, 0.05) is 6.42 Å². The lowest BCUT2D eigenvalue weighted by Gasteiger charge is -2.50. The molecule has 0 saturated carbocycles. The molecule has 1 unspecified atom stereocenters. The summed E-state index contributed by atoms with van der Waals surface area (Å²) in [6, 6.07) is 64.2. The number of nitrogens with zero attached hydrogens (tertiary/aromatic N) is 1. The Hall–Kier alpha value is -7.09. The maximum absolute atomic E-state index is 15.4. The lowest BCUT2D eigenvalue weighted by Crippen LogP contribution is -2.67. The van der Waals surface area contributed by atoms with Gasteiger partial charge in [-0.25, -0.2) is 4.99 Å². The molecule has 13 nitrogen and oxygen atoms in total. The van der Waals surface area contributed by atoms with E-state index in [0.717, 1.165) is 27.8 Å². The Bertz CT molecular complexity index is 2990. The smallest absolute Gasteiger partial charge is 0.457 e. The van der Waals surface area contributed by atoms with E-state index < -0.39 is 79.5 Å². The van der Waals surface area contributed by atoms with Crippen LogP contribution >= 0.6 is 0 Å². The number of aliphatic imine (C=N–C) groups is 1. The first-order valence-electron chi connectivity index (χ1n) is 27.9. The van der Waals surface area contributed by atoms with Crippen molar-refractivity contribution in [2.75, 3.05) is 13.2 Å². The number of para-hydroxylation sites is 1. The van der Waals surface area contributed by atoms with Crippen LogP contribution < -0.4 is 0 Å². The molecule has 0 radical (unpaired) electrons. The van der Waals surface area contributed by atoms with Gasteiger partial charge in [-0.1, -0.05) is 214 Å². The summed E-state index contributed by atoms with van der Waals surface area (Å²) in [6.07, 6.45) is -18.1. The summed E-state index contributed by atoms with van der Waals surface area (Å²) in [5.41, 5.74) is 4.78. The molecule has 7 aromatic carbocycles. The highest BCUT2D eigenvalue weighted by atomic mass is 19.4. The highest BCUT2D eigenvalue weighted by Gasteiger charge is 2.56. The number of carbonyl (C=O) groups is 1. The van der Waals surface area contributed by atoms with Crippen molar-refractivity contribution in [1.82, 2.24) is 0 Å². The third kappa shape index (κ3) is 18.5. The molecule has 436 valence electrons. The average Bonchev–Trinajstić information content (AvgIpc) is 3.59. The van der Waals surface area contributed by atoms with Crippen LogP contribution in [0.4, 0.5) is 18.9 Å². The number of esters is 1. The summed E-state index contributed by atoms with van der Waals surface area (Å²) in [7, 11) is 0. The third-order valence-corrected chi connectivity index (χ3v) is 13.7. The minimum Gasteiger partial charge on any atom is -0.457 e. The average molecular weight is 1140 g/mol. The summed E-state index contributed by atoms with van der Waals surface area (Å²) in [5, 5.41) is 0. The molecule has 0 aliphatic carbocycles. The van der Waals surface area contributed by atoms with Crippen molar-refractivity contribution in [3.63, 3.8) is 0 Å². The lowest BCUT2D eigenvalue weighted by atomic mass is 9.95. The Morgan fingerprint density at radius 2 is 0.771 bits per heavy atom. The van der Waals surface area contributed by atoms with Crippen LogP contribution in [0.3, 0.4) is 0 Å². The Morgan fingerprint density at radius 3 is 1.17 bits per heavy atom. The maximum Gasteiger partial charge on any atom is 0.468 e. The van der Waals surface area contributed by atoms with Crippen LogP contribution in [0, 0.1) is 5.92 Å². The third-order valence-electron chi connectivity index (χ3n) is 13.7. The molecule has 10 atom stereocenters. The standard InChI is InChI=1S/C67H70F3NO12/c1-47(2)38-57(72)81-58-55(45-73-39-48-24-10-3-11-25-48)79-64(62(77-43-52-32-18-7-19-33-52)60(58)75-41-50-28-14-5-15-29-50)82-59-56(46-74-40-49-26-12-4-13-27-49)80-65(83-66(67(68,69)70)71-54-36-22-9-23-37-54)63(78-44-53-34-20-8-21-35-53)61(59)76-42-51-30-16-6-17-31-51/h3-37,47,55-56,58-65H,38-46H2,1-2H3/t55-,56-,58-,59-,60+,61+,62+,63+,64-,65?/m1/s1. The van der Waals surface area contributed by atoms with Crippen molar-refractivity contribution >= 4 is 17.6 Å². The van der Waals surface area contributed by atoms with Crippen LogP contribution in [0.5, 0.6) is 0 Å². The molecular weight excluding hydrogens is 1070 g/mol. The van der Waals surface area contributed by atoms with Crippen LogP contribution in [0.1, 0.15) is 53.6 Å². The van der Waals surface area contributed by atoms with E-state index in [-0.39, 0.29) is 70.9 Å². The van der Waals surface area contributed by atoms with Gasteiger partial charge in [0.15, 0.2) is 12.4 Å². The lowest BCUT2D eigenvalue weighted by molar-refractivity contribution is -0.371. The van der Waals surface area contributed by atoms with Crippen molar-refractivity contribution in [1.29, 1.82) is 0 Å². The molecular formula is C67H70F3NO12. The van der Waals surface area contributed by atoms with E-state index in [4.69, 9.17) is 52.1 Å². The van der Waals surface area contributed by atoms with E-state index in [1.54, 1.807) is 18.2 Å². The molecule has 0 N–H and O–H groups in total. The molecule has 2 fully saturated rings. The van der Waals surface area contributed by atoms with Gasteiger partial charge in [0.1, 0.15) is 42.7 Å². The molecule has 2 aliphatic heterocycles. The van der Waals surface area contributed by atoms with Gasteiger partial charge < -0.3 is 52.1 Å². The Kier molecular flexibility index (Phi) is 22.6. The van der Waals surface area contributed by atoms with Gasteiger partial charge >= 0.3 is 12.1 Å². The molecule has 0 bridgehead atoms. The number of hydrogen-bond donors (Lipinski definition) is 0. The SMILES string of the molecule is CC(C)CC(=O)O[C@H]1[C@H](OCc2ccccc2)[C@H](OCc2ccccc2)[C@@H](O[C@H]2[C@H](OCc3ccccc3)[C@H](OCc3ccccc3)C(OC(=Nc3ccccc3)C(F)(F)F)O[C@@H]2COCc2ccccc2)O[C@@H]1COCc1ccccc1. The Balaban J connectivity index is 1.17. The van der Waals surface area contributed by atoms with Gasteiger partial charge in [0.25, 0.3) is 5.90 Å². The second kappa shape index (κ2) is 31.0. The summed E-state index contributed by atoms with van der Waals surface area (Å²) >= 11 is 0. The number of hydrogen-bond acceptors (Lipinski definition) is 13. The Morgan fingerprint density at radius 1 is 0.434 bits per heavy atom. The fourth-order valence-corrected chi connectivity index (χ4v) is 9.64. The van der Waals surface area contributed by atoms with Crippen LogP contribution in [-0.4, -0.2) is 92.7 Å². The molecule has 9 rings (SSSR count). The topological polar surface area (TPSA) is 131 Å². The molecule has 2 saturated heterocycles. The fourth-order valence-electron chi connectivity index (χ4n) is 9.64. The number of halogens is 3. The van der Waals surface area contributed by atoms with Crippen molar-refractivity contribution in [2.45, 2.75) is 127 Å². The highest BCUT2D eigenvalue weighted by molar-refractivity contribution is 5.84. The van der Waals surface area contributed by atoms with Gasteiger partial charge in [0.2, 0.25) is 6.29 Å². The van der Waals surface area contributed by atoms with E-state index in [2.05, 4.69) is 4.99 Å². The second-order valence-corrected chi connectivity index (χ2v) is 20.7. The molecule has 16 heteroatoms. The van der Waals surface area contributed by atoms with Gasteiger partial charge in [0.05, 0.1) is 58.5 Å². The van der Waals surface area contributed by atoms with Crippen LogP contribution in [0.25, 0.3) is 0 Å². The molecule has 0 amide bonds. The van der Waals surface area contributed by atoms with E-state index in [1.165, 1.54) is 12.1 Å². The summed E-state index contributed by atoms with van der Waals surface area (Å²) < 4.78 is 120. The molecule has 83 heavy (non-hydrogen) atoms. The molecule has 7 aromatic rings. The number of rotatable bonds is 27. The quantitative estimate of drug-likeness (QED) is 0.0276. The molecule has 0 spiro atoms. The zero-order valence-corrected chi connectivity index (χ0v) is 46.4. The maximum atomic E-state index is 15.4. The van der Waals surface area contributed by atoms with Crippen molar-refractivity contribution in [2.24, 2.45) is 10.9 Å². The van der Waals surface area contributed by atoms with E-state index in [0.29, 0.717) is 5.56 Å². The summed E-state index contributed by atoms with van der Waals surface area (Å²) in [6.45, 7) is 3.67. The van der Waals surface area contributed by atoms with E-state index in [9.17, 15) is 4.79 Å². The molecule has 2 aliphatic rings. The fraction of sp³-hybridized carbons (Fsp3) is 0.343. The van der Waals surface area contributed by atoms with Crippen LogP contribution in [0.2, 0.25) is 0 Å². The summed E-state index contributed by atoms with van der Waals surface area (Å²) in [5.74, 6) is -2.11. The first kappa shape index (κ1) is 60.5.